The minimum atomic E-state index is -4.78. The van der Waals surface area contributed by atoms with Gasteiger partial charge in [0.05, 0.1) is 11.1 Å². The smallest absolute Gasteiger partial charge is 0.439 e. The highest BCUT2D eigenvalue weighted by atomic mass is 19.4. The first-order valence-corrected chi connectivity index (χ1v) is 7.69. The molecule has 0 N–H and O–H groups in total. The van der Waals surface area contributed by atoms with Crippen molar-refractivity contribution in [2.45, 2.75) is 6.36 Å². The highest BCUT2D eigenvalue weighted by Gasteiger charge is 2.31. The van der Waals surface area contributed by atoms with Crippen molar-refractivity contribution in [3.8, 4) is 28.8 Å². The maximum absolute atomic E-state index is 12.3. The van der Waals surface area contributed by atoms with Crippen molar-refractivity contribution in [3.63, 3.8) is 0 Å². The lowest BCUT2D eigenvalue weighted by molar-refractivity contribution is -0.274. The van der Waals surface area contributed by atoms with E-state index >= 15 is 0 Å². The minimum Gasteiger partial charge on any atom is -0.439 e. The molecule has 0 bridgehead atoms. The van der Waals surface area contributed by atoms with E-state index in [1.165, 1.54) is 18.2 Å². The van der Waals surface area contributed by atoms with Crippen LogP contribution in [0.25, 0.3) is 22.5 Å². The predicted octanol–water partition coefficient (Wildman–Crippen LogP) is 4.98. The summed E-state index contributed by atoms with van der Waals surface area (Å²) in [6.07, 6.45) is -3.14. The van der Waals surface area contributed by atoms with Crippen molar-refractivity contribution in [2.24, 2.45) is 0 Å². The average molecular weight is 373 g/mol. The lowest BCUT2D eigenvalue weighted by Gasteiger charge is -2.10. The zero-order valence-electron chi connectivity index (χ0n) is 13.5. The number of alkyl halides is 3. The van der Waals surface area contributed by atoms with E-state index in [4.69, 9.17) is 9.26 Å². The normalized spacial score (nSPS) is 11.5. The number of hydrogen-bond acceptors (Lipinski definition) is 6. The first kappa shape index (κ1) is 16.8. The van der Waals surface area contributed by atoms with Gasteiger partial charge in [0.25, 0.3) is 5.71 Å². The highest BCUT2D eigenvalue weighted by Crippen LogP contribution is 2.31. The molecule has 3 heterocycles. The molecule has 0 radical (unpaired) electrons. The van der Waals surface area contributed by atoms with Crippen molar-refractivity contribution < 1.29 is 27.2 Å². The number of nitrogens with zero attached hydrogens (tertiary/aromatic N) is 3. The summed E-state index contributed by atoms with van der Waals surface area (Å²) in [5.41, 5.74) is 1.38. The molecular weight excluding hydrogens is 363 g/mol. The van der Waals surface area contributed by atoms with Gasteiger partial charge in [-0.1, -0.05) is 17.3 Å². The van der Waals surface area contributed by atoms with Gasteiger partial charge >= 0.3 is 6.36 Å². The Kier molecular flexibility index (Phi) is 4.11. The van der Waals surface area contributed by atoms with Crippen LogP contribution in [0, 0.1) is 0 Å². The largest absolute Gasteiger partial charge is 0.573 e. The number of hydrogen-bond donors (Lipinski definition) is 0. The second-order valence-corrected chi connectivity index (χ2v) is 5.37. The topological polar surface area (TPSA) is 70.3 Å². The summed E-state index contributed by atoms with van der Waals surface area (Å²) in [6.45, 7) is 0. The molecule has 0 fully saturated rings. The Balaban J connectivity index is 1.60. The maximum Gasteiger partial charge on any atom is 0.573 e. The molecule has 6 nitrogen and oxygen atoms in total. The summed E-state index contributed by atoms with van der Waals surface area (Å²) in [4.78, 5) is 8.39. The molecule has 4 aromatic rings. The van der Waals surface area contributed by atoms with Crippen molar-refractivity contribution >= 4 is 11.1 Å². The first-order valence-electron chi connectivity index (χ1n) is 7.69. The van der Waals surface area contributed by atoms with Crippen molar-refractivity contribution in [3.05, 3.63) is 60.8 Å². The SMILES string of the molecule is FC(F)(F)Oc1cccc(Oc2ccc3c(-c4ccccn4)noc3n2)c1. The van der Waals surface area contributed by atoms with Gasteiger partial charge in [-0.25, -0.2) is 0 Å². The molecule has 136 valence electrons. The fourth-order valence-corrected chi connectivity index (χ4v) is 2.41. The van der Waals surface area contributed by atoms with Crippen LogP contribution >= 0.6 is 0 Å². The number of pyridine rings is 2. The molecule has 0 aliphatic carbocycles. The lowest BCUT2D eigenvalue weighted by Crippen LogP contribution is -2.17. The Labute approximate surface area is 150 Å². The van der Waals surface area contributed by atoms with E-state index in [-0.39, 0.29) is 17.3 Å². The van der Waals surface area contributed by atoms with Crippen molar-refractivity contribution in [1.82, 2.24) is 15.1 Å². The predicted molar refractivity (Wildman–Crippen MR) is 88.2 cm³/mol. The summed E-state index contributed by atoms with van der Waals surface area (Å²) in [5.74, 6) is -0.123. The quantitative estimate of drug-likeness (QED) is 0.503. The third kappa shape index (κ3) is 3.81. The lowest BCUT2D eigenvalue weighted by atomic mass is 10.2. The summed E-state index contributed by atoms with van der Waals surface area (Å²) in [5, 5.41) is 4.60. The van der Waals surface area contributed by atoms with Crippen LogP contribution in [0.5, 0.6) is 17.4 Å². The molecule has 0 saturated carbocycles. The first-order chi connectivity index (χ1) is 13.0. The molecule has 0 saturated heterocycles. The summed E-state index contributed by atoms with van der Waals surface area (Å²) >= 11 is 0. The standard InChI is InChI=1S/C18H10F3N3O3/c19-18(20,21)26-12-5-3-4-11(10-12)25-15-8-7-13-16(24-27-17(13)23-15)14-6-1-2-9-22-14/h1-10H. The molecule has 0 aliphatic rings. The van der Waals surface area contributed by atoms with Gasteiger partial charge in [0.1, 0.15) is 17.2 Å². The van der Waals surface area contributed by atoms with Gasteiger partial charge in [0, 0.05) is 18.3 Å². The van der Waals surface area contributed by atoms with E-state index in [0.717, 1.165) is 6.07 Å². The molecular formula is C18H10F3N3O3. The maximum atomic E-state index is 12.3. The van der Waals surface area contributed by atoms with Crippen LogP contribution < -0.4 is 9.47 Å². The van der Waals surface area contributed by atoms with Gasteiger partial charge in [-0.3, -0.25) is 4.98 Å². The third-order valence-electron chi connectivity index (χ3n) is 3.48. The van der Waals surface area contributed by atoms with E-state index in [2.05, 4.69) is 19.9 Å². The average Bonchev–Trinajstić information content (AvgIpc) is 3.04. The van der Waals surface area contributed by atoms with E-state index in [1.807, 2.05) is 6.07 Å². The Bertz CT molecular complexity index is 1080. The number of halogens is 3. The zero-order chi connectivity index (χ0) is 18.9. The molecule has 1 aromatic carbocycles. The number of aromatic nitrogens is 3. The minimum absolute atomic E-state index is 0.132. The van der Waals surface area contributed by atoms with Crippen LogP contribution in [0.4, 0.5) is 13.2 Å². The van der Waals surface area contributed by atoms with Gasteiger partial charge in [0.15, 0.2) is 0 Å². The number of rotatable bonds is 4. The van der Waals surface area contributed by atoms with Gasteiger partial charge in [-0.05, 0) is 30.3 Å². The van der Waals surface area contributed by atoms with Gasteiger partial charge in [0.2, 0.25) is 5.88 Å². The molecule has 9 heteroatoms. The van der Waals surface area contributed by atoms with Crippen LogP contribution in [-0.2, 0) is 0 Å². The van der Waals surface area contributed by atoms with E-state index in [0.29, 0.717) is 16.8 Å². The molecule has 0 unspecified atom stereocenters. The van der Waals surface area contributed by atoms with Crippen LogP contribution in [0.1, 0.15) is 0 Å². The van der Waals surface area contributed by atoms with Crippen LogP contribution in [0.2, 0.25) is 0 Å². The van der Waals surface area contributed by atoms with Gasteiger partial charge in [-0.15, -0.1) is 13.2 Å². The molecule has 4 rings (SSSR count). The summed E-state index contributed by atoms with van der Waals surface area (Å²) in [6, 6.07) is 13.8. The van der Waals surface area contributed by atoms with Crippen LogP contribution in [0.15, 0.2) is 65.3 Å². The Hall–Kier alpha value is -3.62. The van der Waals surface area contributed by atoms with E-state index in [1.54, 1.807) is 30.5 Å². The van der Waals surface area contributed by atoms with Crippen LogP contribution in [0.3, 0.4) is 0 Å². The van der Waals surface area contributed by atoms with Crippen LogP contribution in [-0.4, -0.2) is 21.5 Å². The van der Waals surface area contributed by atoms with Gasteiger partial charge in [-0.2, -0.15) is 4.98 Å². The molecule has 0 amide bonds. The van der Waals surface area contributed by atoms with Gasteiger partial charge < -0.3 is 14.0 Å². The third-order valence-corrected chi connectivity index (χ3v) is 3.48. The molecule has 27 heavy (non-hydrogen) atoms. The summed E-state index contributed by atoms with van der Waals surface area (Å²) in [7, 11) is 0. The Morgan fingerprint density at radius 3 is 2.56 bits per heavy atom. The fraction of sp³-hybridized carbons (Fsp3) is 0.0556. The second-order valence-electron chi connectivity index (χ2n) is 5.37. The zero-order valence-corrected chi connectivity index (χ0v) is 13.5. The number of ether oxygens (including phenoxy) is 2. The highest BCUT2D eigenvalue weighted by molar-refractivity contribution is 5.88. The fourth-order valence-electron chi connectivity index (χ4n) is 2.41. The second kappa shape index (κ2) is 6.60. The summed E-state index contributed by atoms with van der Waals surface area (Å²) < 4.78 is 51.5. The molecule has 3 aromatic heterocycles. The Morgan fingerprint density at radius 2 is 1.78 bits per heavy atom. The molecule has 0 aliphatic heterocycles. The van der Waals surface area contributed by atoms with Crippen molar-refractivity contribution in [2.75, 3.05) is 0 Å². The van der Waals surface area contributed by atoms with E-state index < -0.39 is 12.1 Å². The number of fused-ring (bicyclic) bond motifs is 1. The van der Waals surface area contributed by atoms with E-state index in [9.17, 15) is 13.2 Å². The molecule has 0 spiro atoms. The Morgan fingerprint density at radius 1 is 0.926 bits per heavy atom. The van der Waals surface area contributed by atoms with Crippen molar-refractivity contribution in [1.29, 1.82) is 0 Å². The molecule has 0 atom stereocenters. The number of benzene rings is 1. The monoisotopic (exact) mass is 373 g/mol.